The summed E-state index contributed by atoms with van der Waals surface area (Å²) in [5.74, 6) is -1.14. The Morgan fingerprint density at radius 1 is 1.19 bits per heavy atom. The zero-order valence-electron chi connectivity index (χ0n) is 8.29. The molecule has 5 nitrogen and oxygen atoms in total. The molecular weight excluding hydrogens is 206 g/mol. The highest BCUT2D eigenvalue weighted by molar-refractivity contribution is 5.91. The number of carbonyl (C=O) groups is 1. The van der Waals surface area contributed by atoms with Crippen LogP contribution in [-0.2, 0) is 0 Å². The molecule has 0 radical (unpaired) electrons. The number of aromatic carboxylic acids is 1. The Morgan fingerprint density at radius 2 is 2.00 bits per heavy atom. The summed E-state index contributed by atoms with van der Waals surface area (Å²) in [6.07, 6.45) is 1.62. The predicted molar refractivity (Wildman–Crippen MR) is 58.8 cm³/mol. The summed E-state index contributed by atoms with van der Waals surface area (Å²) < 4.78 is 0. The number of nitrogens with zero attached hydrogens (tertiary/aromatic N) is 2. The monoisotopic (exact) mass is 215 g/mol. The van der Waals surface area contributed by atoms with Gasteiger partial charge < -0.3 is 10.8 Å². The van der Waals surface area contributed by atoms with Gasteiger partial charge in [-0.05, 0) is 24.3 Å². The van der Waals surface area contributed by atoms with Crippen molar-refractivity contribution in [3.63, 3.8) is 0 Å². The summed E-state index contributed by atoms with van der Waals surface area (Å²) >= 11 is 0. The molecule has 16 heavy (non-hydrogen) atoms. The second kappa shape index (κ2) is 3.98. The molecule has 5 heteroatoms. The molecule has 0 amide bonds. The Hall–Kier alpha value is -2.43. The molecule has 0 saturated carbocycles. The summed E-state index contributed by atoms with van der Waals surface area (Å²) in [7, 11) is 0. The van der Waals surface area contributed by atoms with E-state index in [1.54, 1.807) is 30.5 Å². The summed E-state index contributed by atoms with van der Waals surface area (Å²) in [5, 5.41) is 8.87. The number of nitrogens with two attached hydrogens (primary N) is 1. The van der Waals surface area contributed by atoms with Crippen molar-refractivity contribution in [3.05, 3.63) is 42.2 Å². The van der Waals surface area contributed by atoms with Crippen LogP contribution in [0.3, 0.4) is 0 Å². The fraction of sp³-hybridized carbons (Fsp3) is 0. The predicted octanol–water partition coefficient (Wildman–Crippen LogP) is 1.42. The van der Waals surface area contributed by atoms with Crippen LogP contribution in [-0.4, -0.2) is 21.0 Å². The molecule has 80 valence electrons. The van der Waals surface area contributed by atoms with Gasteiger partial charge >= 0.3 is 5.97 Å². The molecule has 0 aromatic carbocycles. The van der Waals surface area contributed by atoms with Crippen LogP contribution in [0.2, 0.25) is 0 Å². The van der Waals surface area contributed by atoms with E-state index in [-0.39, 0.29) is 11.4 Å². The van der Waals surface area contributed by atoms with E-state index in [2.05, 4.69) is 9.97 Å². The highest BCUT2D eigenvalue weighted by atomic mass is 16.4. The maximum atomic E-state index is 10.8. The second-order valence-electron chi connectivity index (χ2n) is 3.15. The summed E-state index contributed by atoms with van der Waals surface area (Å²) in [6.45, 7) is 0. The van der Waals surface area contributed by atoms with E-state index in [1.165, 1.54) is 6.07 Å². The largest absolute Gasteiger partial charge is 0.476 e. The lowest BCUT2D eigenvalue weighted by atomic mass is 10.2. The van der Waals surface area contributed by atoms with Crippen molar-refractivity contribution in [1.82, 2.24) is 9.97 Å². The maximum absolute atomic E-state index is 10.8. The topological polar surface area (TPSA) is 89.1 Å². The number of nitrogen functional groups attached to an aromatic ring is 1. The average molecular weight is 215 g/mol. The Morgan fingerprint density at radius 3 is 2.62 bits per heavy atom. The SMILES string of the molecule is Nc1ccc(-c2ccccn2)nc1C(=O)O. The highest BCUT2D eigenvalue weighted by Gasteiger charge is 2.11. The van der Waals surface area contributed by atoms with Gasteiger partial charge in [0.05, 0.1) is 17.1 Å². The molecule has 0 saturated heterocycles. The van der Waals surface area contributed by atoms with Gasteiger partial charge in [-0.2, -0.15) is 0 Å². The Balaban J connectivity index is 2.52. The van der Waals surface area contributed by atoms with Crippen molar-refractivity contribution in [2.24, 2.45) is 0 Å². The standard InChI is InChI=1S/C11H9N3O2/c12-7-4-5-9(14-10(7)11(15)16)8-3-1-2-6-13-8/h1-6H,12H2,(H,15,16). The minimum absolute atomic E-state index is 0.146. The van der Waals surface area contributed by atoms with Crippen molar-refractivity contribution in [1.29, 1.82) is 0 Å². The van der Waals surface area contributed by atoms with Crippen LogP contribution in [0.25, 0.3) is 11.4 Å². The number of carboxylic acid groups (broad SMARTS) is 1. The normalized spacial score (nSPS) is 10.0. The lowest BCUT2D eigenvalue weighted by Gasteiger charge is -2.03. The van der Waals surface area contributed by atoms with E-state index >= 15 is 0 Å². The molecule has 2 heterocycles. The summed E-state index contributed by atoms with van der Waals surface area (Å²) in [5.41, 5.74) is 6.61. The Bertz CT molecular complexity index is 526. The van der Waals surface area contributed by atoms with E-state index in [1.807, 2.05) is 0 Å². The smallest absolute Gasteiger partial charge is 0.356 e. The number of rotatable bonds is 2. The van der Waals surface area contributed by atoms with Crippen molar-refractivity contribution in [2.45, 2.75) is 0 Å². The number of aromatic nitrogens is 2. The number of anilines is 1. The van der Waals surface area contributed by atoms with Gasteiger partial charge in [-0.15, -0.1) is 0 Å². The van der Waals surface area contributed by atoms with Gasteiger partial charge in [-0.1, -0.05) is 6.07 Å². The molecule has 0 atom stereocenters. The third-order valence-electron chi connectivity index (χ3n) is 2.06. The van der Waals surface area contributed by atoms with Gasteiger partial charge in [0.25, 0.3) is 0 Å². The molecule has 0 aliphatic heterocycles. The van der Waals surface area contributed by atoms with E-state index in [4.69, 9.17) is 10.8 Å². The van der Waals surface area contributed by atoms with Crippen molar-refractivity contribution < 1.29 is 9.90 Å². The number of hydrogen-bond donors (Lipinski definition) is 2. The fourth-order valence-electron chi connectivity index (χ4n) is 1.30. The van der Waals surface area contributed by atoms with Crippen LogP contribution >= 0.6 is 0 Å². The van der Waals surface area contributed by atoms with Crippen LogP contribution in [0.5, 0.6) is 0 Å². The van der Waals surface area contributed by atoms with E-state index in [9.17, 15) is 4.79 Å². The van der Waals surface area contributed by atoms with Gasteiger partial charge in [0, 0.05) is 6.20 Å². The maximum Gasteiger partial charge on any atom is 0.356 e. The molecule has 0 aliphatic carbocycles. The molecule has 2 aromatic rings. The quantitative estimate of drug-likeness (QED) is 0.790. The molecular formula is C11H9N3O2. The molecule has 0 bridgehead atoms. The van der Waals surface area contributed by atoms with Crippen molar-refractivity contribution in [2.75, 3.05) is 5.73 Å². The van der Waals surface area contributed by atoms with Gasteiger partial charge in [0.1, 0.15) is 0 Å². The highest BCUT2D eigenvalue weighted by Crippen LogP contribution is 2.17. The average Bonchev–Trinajstić information content (AvgIpc) is 2.30. The second-order valence-corrected chi connectivity index (χ2v) is 3.15. The van der Waals surface area contributed by atoms with Crippen molar-refractivity contribution >= 4 is 11.7 Å². The van der Waals surface area contributed by atoms with Crippen molar-refractivity contribution in [3.8, 4) is 11.4 Å². The minimum atomic E-state index is -1.14. The zero-order valence-corrected chi connectivity index (χ0v) is 8.29. The number of carboxylic acids is 1. The van der Waals surface area contributed by atoms with Crippen LogP contribution in [0, 0.1) is 0 Å². The first-order valence-electron chi connectivity index (χ1n) is 4.59. The molecule has 0 fully saturated rings. The molecule has 2 aromatic heterocycles. The van der Waals surface area contributed by atoms with Crippen LogP contribution < -0.4 is 5.73 Å². The molecule has 2 rings (SSSR count). The van der Waals surface area contributed by atoms with Gasteiger partial charge in [0.15, 0.2) is 5.69 Å². The minimum Gasteiger partial charge on any atom is -0.476 e. The lowest BCUT2D eigenvalue weighted by molar-refractivity contribution is 0.0692. The van der Waals surface area contributed by atoms with Crippen LogP contribution in [0.15, 0.2) is 36.5 Å². The Kier molecular flexibility index (Phi) is 2.51. The number of pyridine rings is 2. The number of hydrogen-bond acceptors (Lipinski definition) is 4. The lowest BCUT2D eigenvalue weighted by Crippen LogP contribution is -2.06. The van der Waals surface area contributed by atoms with Gasteiger partial charge in [-0.25, -0.2) is 9.78 Å². The molecule has 0 unspecified atom stereocenters. The van der Waals surface area contributed by atoms with E-state index in [0.717, 1.165) is 0 Å². The molecule has 0 spiro atoms. The van der Waals surface area contributed by atoms with Gasteiger partial charge in [0.2, 0.25) is 0 Å². The van der Waals surface area contributed by atoms with E-state index in [0.29, 0.717) is 11.4 Å². The first-order chi connectivity index (χ1) is 7.68. The van der Waals surface area contributed by atoms with Gasteiger partial charge in [-0.3, -0.25) is 4.98 Å². The molecule has 3 N–H and O–H groups in total. The first-order valence-corrected chi connectivity index (χ1v) is 4.59. The zero-order chi connectivity index (χ0) is 11.5. The fourth-order valence-corrected chi connectivity index (χ4v) is 1.30. The molecule has 0 aliphatic rings. The summed E-state index contributed by atoms with van der Waals surface area (Å²) in [6, 6.07) is 8.49. The third-order valence-corrected chi connectivity index (χ3v) is 2.06. The van der Waals surface area contributed by atoms with E-state index < -0.39 is 5.97 Å². The van der Waals surface area contributed by atoms with Crippen LogP contribution in [0.1, 0.15) is 10.5 Å². The van der Waals surface area contributed by atoms with Crippen LogP contribution in [0.4, 0.5) is 5.69 Å². The first kappa shape index (κ1) is 10.1. The third kappa shape index (κ3) is 1.83. The summed E-state index contributed by atoms with van der Waals surface area (Å²) in [4.78, 5) is 18.9. The Labute approximate surface area is 91.6 Å².